The molecule has 7 N–H and O–H groups in total. The van der Waals surface area contributed by atoms with Crippen molar-refractivity contribution in [2.45, 2.75) is 306 Å². The van der Waals surface area contributed by atoms with Gasteiger partial charge in [-0.3, -0.25) is 9.59 Å². The summed E-state index contributed by atoms with van der Waals surface area (Å²) in [5.74, 6) is -0.921. The van der Waals surface area contributed by atoms with Gasteiger partial charge in [-0.1, -0.05) is 205 Å². The van der Waals surface area contributed by atoms with E-state index in [0.29, 0.717) is 12.8 Å². The summed E-state index contributed by atoms with van der Waals surface area (Å²) in [5.41, 5.74) is 0. The van der Waals surface area contributed by atoms with E-state index < -0.39 is 92.7 Å². The Balaban J connectivity index is 1.75. The molecule has 73 heavy (non-hydrogen) atoms. The van der Waals surface area contributed by atoms with Gasteiger partial charge in [0.1, 0.15) is 55.4 Å². The van der Waals surface area contributed by atoms with Crippen LogP contribution < -0.4 is 0 Å². The molecule has 0 spiro atoms. The Morgan fingerprint density at radius 2 is 0.822 bits per heavy atom. The molecule has 15 nitrogen and oxygen atoms in total. The second-order valence-electron chi connectivity index (χ2n) is 20.8. The molecule has 2 fully saturated rings. The van der Waals surface area contributed by atoms with Crippen molar-refractivity contribution in [2.75, 3.05) is 26.4 Å². The molecule has 0 radical (unpaired) electrons. The normalized spacial score (nSPS) is 24.9. The Hall–Kier alpha value is -2.02. The smallest absolute Gasteiger partial charge is 0.306 e. The van der Waals surface area contributed by atoms with Crippen LogP contribution in [0.1, 0.15) is 239 Å². The van der Waals surface area contributed by atoms with Crippen molar-refractivity contribution in [3.63, 3.8) is 0 Å². The number of allylic oxidation sites excluding steroid dienone is 4. The van der Waals surface area contributed by atoms with Crippen LogP contribution >= 0.6 is 0 Å². The molecule has 0 aromatic rings. The Morgan fingerprint density at radius 3 is 1.30 bits per heavy atom. The van der Waals surface area contributed by atoms with Gasteiger partial charge in [-0.15, -0.1) is 0 Å². The Kier molecular flexibility index (Phi) is 41.4. The number of ether oxygens (including phenoxy) is 6. The number of unbranched alkanes of at least 4 members (excludes halogenated alkanes) is 29. The minimum absolute atomic E-state index is 0.168. The van der Waals surface area contributed by atoms with E-state index in [1.165, 1.54) is 141 Å². The highest BCUT2D eigenvalue weighted by molar-refractivity contribution is 5.70. The van der Waals surface area contributed by atoms with E-state index in [2.05, 4.69) is 38.2 Å². The molecule has 4 unspecified atom stereocenters. The van der Waals surface area contributed by atoms with Crippen LogP contribution in [0.5, 0.6) is 0 Å². The minimum Gasteiger partial charge on any atom is -0.462 e. The molecular formula is C58H106O15. The van der Waals surface area contributed by atoms with Crippen molar-refractivity contribution in [1.29, 1.82) is 0 Å². The fourth-order valence-electron chi connectivity index (χ4n) is 9.37. The third kappa shape index (κ3) is 32.4. The number of aliphatic hydroxyl groups is 7. The van der Waals surface area contributed by atoms with Crippen LogP contribution in [0.25, 0.3) is 0 Å². The van der Waals surface area contributed by atoms with Gasteiger partial charge in [0, 0.05) is 12.8 Å². The molecule has 2 heterocycles. The zero-order valence-corrected chi connectivity index (χ0v) is 45.6. The van der Waals surface area contributed by atoms with Gasteiger partial charge in [0.25, 0.3) is 0 Å². The third-order valence-electron chi connectivity index (χ3n) is 14.2. The molecule has 0 amide bonds. The van der Waals surface area contributed by atoms with Gasteiger partial charge in [-0.25, -0.2) is 0 Å². The predicted octanol–water partition coefficient (Wildman–Crippen LogP) is 9.89. The van der Waals surface area contributed by atoms with Crippen molar-refractivity contribution in [1.82, 2.24) is 0 Å². The van der Waals surface area contributed by atoms with Crippen LogP contribution in [-0.2, 0) is 38.0 Å². The maximum absolute atomic E-state index is 13.1. The zero-order valence-electron chi connectivity index (χ0n) is 45.6. The summed E-state index contributed by atoms with van der Waals surface area (Å²) in [6.07, 6.45) is 31.9. The first-order valence-electron chi connectivity index (χ1n) is 29.4. The second-order valence-corrected chi connectivity index (χ2v) is 20.8. The quantitative estimate of drug-likeness (QED) is 0.0171. The molecule has 2 rings (SSSR count). The zero-order chi connectivity index (χ0) is 53.2. The lowest BCUT2D eigenvalue weighted by Crippen LogP contribution is -2.61. The standard InChI is InChI=1S/C58H106O15/c1-3-5-7-9-11-13-15-17-19-21-22-23-25-27-29-31-33-35-37-39-41-50(61)71-46(43-68-49(60)40-38-36-34-32-30-28-26-24-20-18-16-14-12-10-8-6-4-2)44-69-57-56(67)54(65)52(63)48(73-57)45-70-58-55(66)53(64)51(62)47(42-59)72-58/h12,14,18,20,46-48,51-59,62-67H,3-11,13,15-17,19,21-45H2,1-2H3/b14-12+,20-18+/t46-,47+,48+,51-,52-,53?,54?,55?,56?,57+,58+/m1/s1. The van der Waals surface area contributed by atoms with Gasteiger partial charge >= 0.3 is 11.9 Å². The van der Waals surface area contributed by atoms with E-state index in [1.807, 2.05) is 0 Å². The van der Waals surface area contributed by atoms with E-state index in [-0.39, 0.29) is 26.1 Å². The fraction of sp³-hybridized carbons (Fsp3) is 0.897. The highest BCUT2D eigenvalue weighted by Gasteiger charge is 2.47. The molecule has 11 atom stereocenters. The van der Waals surface area contributed by atoms with Crippen LogP contribution in [0, 0.1) is 0 Å². The number of rotatable bonds is 47. The average molecular weight is 1040 g/mol. The first kappa shape index (κ1) is 67.1. The second kappa shape index (κ2) is 45.0. The molecular weight excluding hydrogens is 937 g/mol. The SMILES string of the molecule is CCCCC/C=C/C/C=C/CCCCCCCCCC(=O)OC[C@H](CO[C@H]1O[C@@H](CO[C@H]2O[C@@H](CO)[C@@H](O)C(O)C2O)[C@@H](O)C(O)C1O)OC(=O)CCCCCCCCCCCCCCCCCCCCCC. The van der Waals surface area contributed by atoms with E-state index in [9.17, 15) is 45.3 Å². The Morgan fingerprint density at radius 1 is 0.438 bits per heavy atom. The lowest BCUT2D eigenvalue weighted by molar-refractivity contribution is -0.332. The molecule has 0 aromatic carbocycles. The summed E-state index contributed by atoms with van der Waals surface area (Å²) >= 11 is 0. The van der Waals surface area contributed by atoms with Crippen molar-refractivity contribution in [3.8, 4) is 0 Å². The molecule has 0 bridgehead atoms. The molecule has 428 valence electrons. The molecule has 0 aromatic heterocycles. The third-order valence-corrected chi connectivity index (χ3v) is 14.2. The average Bonchev–Trinajstić information content (AvgIpc) is 3.38. The summed E-state index contributed by atoms with van der Waals surface area (Å²) in [4.78, 5) is 25.9. The Labute approximate surface area is 441 Å². The fourth-order valence-corrected chi connectivity index (χ4v) is 9.37. The molecule has 0 saturated carbocycles. The predicted molar refractivity (Wildman–Crippen MR) is 284 cm³/mol. The monoisotopic (exact) mass is 1040 g/mol. The molecule has 2 aliphatic rings. The maximum atomic E-state index is 13.1. The highest BCUT2D eigenvalue weighted by Crippen LogP contribution is 2.27. The summed E-state index contributed by atoms with van der Waals surface area (Å²) in [5, 5.41) is 72.3. The summed E-state index contributed by atoms with van der Waals surface area (Å²) in [6.45, 7) is 2.60. The summed E-state index contributed by atoms with van der Waals surface area (Å²) < 4.78 is 33.7. The highest BCUT2D eigenvalue weighted by atomic mass is 16.7. The lowest BCUT2D eigenvalue weighted by atomic mass is 9.98. The summed E-state index contributed by atoms with van der Waals surface area (Å²) in [6, 6.07) is 0. The molecule has 0 aliphatic carbocycles. The first-order valence-corrected chi connectivity index (χ1v) is 29.4. The van der Waals surface area contributed by atoms with Gasteiger partial charge < -0.3 is 64.2 Å². The van der Waals surface area contributed by atoms with Gasteiger partial charge in [0.15, 0.2) is 18.7 Å². The number of esters is 2. The molecule has 15 heteroatoms. The number of hydrogen-bond donors (Lipinski definition) is 7. The Bertz CT molecular complexity index is 1360. The van der Waals surface area contributed by atoms with Crippen LogP contribution in [-0.4, -0.2) is 142 Å². The largest absolute Gasteiger partial charge is 0.462 e. The van der Waals surface area contributed by atoms with E-state index in [1.54, 1.807) is 0 Å². The van der Waals surface area contributed by atoms with Crippen molar-refractivity contribution >= 4 is 11.9 Å². The van der Waals surface area contributed by atoms with Crippen LogP contribution in [0.2, 0.25) is 0 Å². The van der Waals surface area contributed by atoms with Crippen molar-refractivity contribution < 1.29 is 73.8 Å². The van der Waals surface area contributed by atoms with E-state index >= 15 is 0 Å². The molecule has 2 aliphatic heterocycles. The summed E-state index contributed by atoms with van der Waals surface area (Å²) in [7, 11) is 0. The number of aliphatic hydroxyl groups excluding tert-OH is 7. The van der Waals surface area contributed by atoms with Crippen molar-refractivity contribution in [3.05, 3.63) is 24.3 Å². The van der Waals surface area contributed by atoms with E-state index in [4.69, 9.17) is 28.4 Å². The van der Waals surface area contributed by atoms with Gasteiger partial charge in [-0.2, -0.15) is 0 Å². The van der Waals surface area contributed by atoms with Gasteiger partial charge in [0.05, 0.1) is 19.8 Å². The lowest BCUT2D eigenvalue weighted by Gasteiger charge is -2.42. The minimum atomic E-state index is -1.76. The first-order chi connectivity index (χ1) is 35.5. The van der Waals surface area contributed by atoms with Crippen LogP contribution in [0.15, 0.2) is 24.3 Å². The maximum Gasteiger partial charge on any atom is 0.306 e. The molecule has 2 saturated heterocycles. The van der Waals surface area contributed by atoms with Crippen LogP contribution in [0.3, 0.4) is 0 Å². The van der Waals surface area contributed by atoms with Crippen LogP contribution in [0.4, 0.5) is 0 Å². The number of hydrogen-bond acceptors (Lipinski definition) is 15. The topological polar surface area (TPSA) is 231 Å². The van der Waals surface area contributed by atoms with Crippen molar-refractivity contribution in [2.24, 2.45) is 0 Å². The number of carbonyl (C=O) groups excluding carboxylic acids is 2. The van der Waals surface area contributed by atoms with Gasteiger partial charge in [-0.05, 0) is 44.9 Å². The number of carbonyl (C=O) groups is 2. The van der Waals surface area contributed by atoms with E-state index in [0.717, 1.165) is 57.8 Å². The van der Waals surface area contributed by atoms with Gasteiger partial charge in [0.2, 0.25) is 0 Å².